The number of amides is 1. The standard InChI is InChI=1S/C26H29F2N3O5/c1-15-5-6-31-20(13-17-14-30(25(33)34)7-8-35-17)24(29-21(31)9-15)23-18(27)10-16(11-19(23)28)12-22(32)36-26(2,3)4/h5-6,9-11,17H,7-8,12-14H2,1-4H3,(H,33,34)/t17-/m0/s1. The fraction of sp³-hybridized carbons (Fsp3) is 0.423. The van der Waals surface area contributed by atoms with E-state index in [0.29, 0.717) is 11.3 Å². The number of pyridine rings is 1. The molecule has 2 aromatic heterocycles. The minimum Gasteiger partial charge on any atom is -0.465 e. The molecule has 0 unspecified atom stereocenters. The zero-order valence-corrected chi connectivity index (χ0v) is 20.7. The summed E-state index contributed by atoms with van der Waals surface area (Å²) in [4.78, 5) is 29.4. The summed E-state index contributed by atoms with van der Waals surface area (Å²) in [5.41, 5.74) is 1.15. The first kappa shape index (κ1) is 25.6. The van der Waals surface area contributed by atoms with E-state index in [-0.39, 0.29) is 49.4 Å². The van der Waals surface area contributed by atoms with Gasteiger partial charge < -0.3 is 23.9 Å². The monoisotopic (exact) mass is 501 g/mol. The van der Waals surface area contributed by atoms with E-state index in [1.807, 2.05) is 13.0 Å². The molecule has 1 atom stereocenters. The van der Waals surface area contributed by atoms with Gasteiger partial charge in [0.25, 0.3) is 0 Å². The van der Waals surface area contributed by atoms with E-state index in [1.54, 1.807) is 37.4 Å². The van der Waals surface area contributed by atoms with E-state index < -0.39 is 35.4 Å². The highest BCUT2D eigenvalue weighted by Crippen LogP contribution is 2.32. The molecule has 1 saturated heterocycles. The Bertz CT molecular complexity index is 1290. The van der Waals surface area contributed by atoms with Crippen LogP contribution in [0.5, 0.6) is 0 Å². The maximum Gasteiger partial charge on any atom is 0.407 e. The van der Waals surface area contributed by atoms with Crippen LogP contribution in [-0.2, 0) is 27.1 Å². The molecule has 0 saturated carbocycles. The number of ether oxygens (including phenoxy) is 2. The summed E-state index contributed by atoms with van der Waals surface area (Å²) in [6.07, 6.45) is 0.133. The lowest BCUT2D eigenvalue weighted by atomic mass is 10.0. The highest BCUT2D eigenvalue weighted by Gasteiger charge is 2.29. The Morgan fingerprint density at radius 2 is 1.92 bits per heavy atom. The van der Waals surface area contributed by atoms with E-state index in [4.69, 9.17) is 9.47 Å². The molecule has 1 aliphatic heterocycles. The predicted molar refractivity (Wildman–Crippen MR) is 128 cm³/mol. The van der Waals surface area contributed by atoms with Gasteiger partial charge >= 0.3 is 12.1 Å². The summed E-state index contributed by atoms with van der Waals surface area (Å²) in [6.45, 7) is 7.65. The molecule has 1 aliphatic rings. The van der Waals surface area contributed by atoms with E-state index in [1.165, 1.54) is 4.90 Å². The van der Waals surface area contributed by atoms with Crippen LogP contribution in [0.15, 0.2) is 30.5 Å². The zero-order valence-electron chi connectivity index (χ0n) is 20.7. The topological polar surface area (TPSA) is 93.4 Å². The van der Waals surface area contributed by atoms with Gasteiger partial charge in [0.1, 0.15) is 22.9 Å². The van der Waals surface area contributed by atoms with Crippen molar-refractivity contribution in [2.24, 2.45) is 0 Å². The number of benzene rings is 1. The van der Waals surface area contributed by atoms with Gasteiger partial charge in [-0.15, -0.1) is 0 Å². The maximum atomic E-state index is 15.4. The summed E-state index contributed by atoms with van der Waals surface area (Å²) >= 11 is 0. The highest BCUT2D eigenvalue weighted by atomic mass is 19.1. The number of halogens is 2. The van der Waals surface area contributed by atoms with Gasteiger partial charge in [-0.25, -0.2) is 18.6 Å². The van der Waals surface area contributed by atoms with Crippen LogP contribution in [-0.4, -0.2) is 62.9 Å². The molecular formula is C26H29F2N3O5. The van der Waals surface area contributed by atoms with Crippen LogP contribution in [0.3, 0.4) is 0 Å². The van der Waals surface area contributed by atoms with Gasteiger partial charge in [-0.2, -0.15) is 0 Å². The van der Waals surface area contributed by atoms with Crippen LogP contribution >= 0.6 is 0 Å². The van der Waals surface area contributed by atoms with Crippen molar-refractivity contribution in [3.63, 3.8) is 0 Å². The average molecular weight is 502 g/mol. The number of nitrogens with zero attached hydrogens (tertiary/aromatic N) is 3. The van der Waals surface area contributed by atoms with Crippen LogP contribution in [0.1, 0.15) is 37.6 Å². The predicted octanol–water partition coefficient (Wildman–Crippen LogP) is 4.39. The van der Waals surface area contributed by atoms with Gasteiger partial charge in [0.2, 0.25) is 0 Å². The van der Waals surface area contributed by atoms with Crippen molar-refractivity contribution in [1.82, 2.24) is 14.3 Å². The number of fused-ring (bicyclic) bond motifs is 1. The molecular weight excluding hydrogens is 472 g/mol. The molecule has 1 amide bonds. The first-order valence-corrected chi connectivity index (χ1v) is 11.7. The molecule has 4 rings (SSSR count). The molecule has 1 aromatic carbocycles. The lowest BCUT2D eigenvalue weighted by Crippen LogP contribution is -2.45. The van der Waals surface area contributed by atoms with Crippen molar-refractivity contribution in [3.05, 3.63) is 58.9 Å². The smallest absolute Gasteiger partial charge is 0.407 e. The normalized spacial score (nSPS) is 16.4. The lowest BCUT2D eigenvalue weighted by Gasteiger charge is -2.31. The first-order valence-electron chi connectivity index (χ1n) is 11.7. The largest absolute Gasteiger partial charge is 0.465 e. The van der Waals surface area contributed by atoms with Crippen molar-refractivity contribution in [1.29, 1.82) is 0 Å². The number of esters is 1. The molecule has 192 valence electrons. The van der Waals surface area contributed by atoms with Gasteiger partial charge in [-0.1, -0.05) is 0 Å². The SMILES string of the molecule is Cc1ccn2c(C[C@H]3CN(C(=O)O)CCO3)c(-c3c(F)cc(CC(=O)OC(C)(C)C)cc3F)nc2c1. The summed E-state index contributed by atoms with van der Waals surface area (Å²) in [6, 6.07) is 5.88. The molecule has 1 fully saturated rings. The number of imidazole rings is 1. The molecule has 36 heavy (non-hydrogen) atoms. The third-order valence-corrected chi connectivity index (χ3v) is 5.82. The number of aromatic nitrogens is 2. The summed E-state index contributed by atoms with van der Waals surface area (Å²) < 4.78 is 43.5. The minimum absolute atomic E-state index is 0.107. The maximum absolute atomic E-state index is 15.4. The Morgan fingerprint density at radius 1 is 1.22 bits per heavy atom. The average Bonchev–Trinajstić information content (AvgIpc) is 3.08. The second-order valence-electron chi connectivity index (χ2n) is 9.96. The molecule has 10 heteroatoms. The molecule has 8 nitrogen and oxygen atoms in total. The fourth-order valence-electron chi connectivity index (χ4n) is 4.32. The number of carbonyl (C=O) groups is 2. The summed E-state index contributed by atoms with van der Waals surface area (Å²) in [5.74, 6) is -2.30. The molecule has 3 aromatic rings. The molecule has 1 N–H and O–H groups in total. The van der Waals surface area contributed by atoms with E-state index in [0.717, 1.165) is 17.7 Å². The number of morpholine rings is 1. The van der Waals surface area contributed by atoms with E-state index >= 15 is 8.78 Å². The molecule has 0 radical (unpaired) electrons. The van der Waals surface area contributed by atoms with Crippen molar-refractivity contribution < 1.29 is 33.0 Å². The number of carbonyl (C=O) groups excluding carboxylic acids is 1. The number of hydrogen-bond donors (Lipinski definition) is 1. The Kier molecular flexibility index (Phi) is 6.99. The Hall–Kier alpha value is -3.53. The lowest BCUT2D eigenvalue weighted by molar-refractivity contribution is -0.153. The summed E-state index contributed by atoms with van der Waals surface area (Å²) in [7, 11) is 0. The molecule has 0 aliphatic carbocycles. The van der Waals surface area contributed by atoms with Crippen LogP contribution in [0.2, 0.25) is 0 Å². The minimum atomic E-state index is -1.05. The van der Waals surface area contributed by atoms with Gasteiger partial charge in [-0.05, 0) is 63.1 Å². The number of rotatable bonds is 5. The second-order valence-corrected chi connectivity index (χ2v) is 9.96. The van der Waals surface area contributed by atoms with E-state index in [2.05, 4.69) is 4.98 Å². The molecule has 3 heterocycles. The van der Waals surface area contributed by atoms with Crippen molar-refractivity contribution >= 4 is 17.7 Å². The van der Waals surface area contributed by atoms with Crippen LogP contribution in [0.25, 0.3) is 16.9 Å². The van der Waals surface area contributed by atoms with Crippen molar-refractivity contribution in [3.8, 4) is 11.3 Å². The van der Waals surface area contributed by atoms with Crippen molar-refractivity contribution in [2.45, 2.75) is 52.2 Å². The van der Waals surface area contributed by atoms with E-state index in [9.17, 15) is 14.7 Å². The Balaban J connectivity index is 1.72. The first-order chi connectivity index (χ1) is 16.9. The molecule has 0 spiro atoms. The third kappa shape index (κ3) is 5.64. The van der Waals surface area contributed by atoms with Gasteiger partial charge in [0.05, 0.1) is 42.6 Å². The summed E-state index contributed by atoms with van der Waals surface area (Å²) in [5, 5.41) is 9.36. The van der Waals surface area contributed by atoms with Crippen LogP contribution < -0.4 is 0 Å². The third-order valence-electron chi connectivity index (χ3n) is 5.82. The number of aryl methyl sites for hydroxylation is 1. The quantitative estimate of drug-likeness (QED) is 0.521. The van der Waals surface area contributed by atoms with Gasteiger partial charge in [-0.3, -0.25) is 4.79 Å². The van der Waals surface area contributed by atoms with Gasteiger partial charge in [0, 0.05) is 19.2 Å². The van der Waals surface area contributed by atoms with Crippen LogP contribution in [0, 0.1) is 18.6 Å². The molecule has 0 bridgehead atoms. The Labute approximate surface area is 207 Å². The van der Waals surface area contributed by atoms with Crippen LogP contribution in [0.4, 0.5) is 13.6 Å². The fourth-order valence-corrected chi connectivity index (χ4v) is 4.32. The highest BCUT2D eigenvalue weighted by molar-refractivity contribution is 5.74. The van der Waals surface area contributed by atoms with Crippen molar-refractivity contribution in [2.75, 3.05) is 19.7 Å². The number of hydrogen-bond acceptors (Lipinski definition) is 5. The number of carboxylic acid groups (broad SMARTS) is 1. The zero-order chi connectivity index (χ0) is 26.2. The van der Waals surface area contributed by atoms with Gasteiger partial charge in [0.15, 0.2) is 0 Å². The second kappa shape index (κ2) is 9.85. The Morgan fingerprint density at radius 3 is 2.56 bits per heavy atom.